The van der Waals surface area contributed by atoms with Crippen molar-refractivity contribution in [2.24, 2.45) is 0 Å². The van der Waals surface area contributed by atoms with Gasteiger partial charge in [0.1, 0.15) is 0 Å². The summed E-state index contributed by atoms with van der Waals surface area (Å²) in [6, 6.07) is 24.4. The van der Waals surface area contributed by atoms with Crippen LogP contribution < -0.4 is 5.84 Å². The van der Waals surface area contributed by atoms with Crippen molar-refractivity contribution in [2.75, 3.05) is 11.6 Å². The Bertz CT molecular complexity index is 1360. The van der Waals surface area contributed by atoms with E-state index in [0.29, 0.717) is 11.0 Å². The number of pyridine rings is 2. The van der Waals surface area contributed by atoms with E-state index in [1.165, 1.54) is 5.56 Å². The van der Waals surface area contributed by atoms with Gasteiger partial charge in [0.2, 0.25) is 5.16 Å². The molecular weight excluding hydrogens is 416 g/mol. The van der Waals surface area contributed by atoms with Crippen molar-refractivity contribution in [3.05, 3.63) is 90.3 Å². The fourth-order valence-corrected chi connectivity index (χ4v) is 4.40. The monoisotopic (exact) mass is 438 g/mol. The second kappa shape index (κ2) is 8.80. The van der Waals surface area contributed by atoms with Crippen LogP contribution in [0.25, 0.3) is 33.5 Å². The second-order valence-corrected chi connectivity index (χ2v) is 8.60. The molecule has 5 aromatic rings. The minimum absolute atomic E-state index is 0.622. The van der Waals surface area contributed by atoms with Gasteiger partial charge in [-0.3, -0.25) is 4.98 Å². The number of nitrogens with zero attached hydrogens (tertiary/aromatic N) is 5. The SMILES string of the molecule is Cc1ccc(-c2cc(-c3nnc(SCCc4ccccn4)n3N)c3ccccc3n2)cc1. The lowest BCUT2D eigenvalue weighted by atomic mass is 10.0. The van der Waals surface area contributed by atoms with Gasteiger partial charge in [-0.2, -0.15) is 0 Å². The average Bonchev–Trinajstić information content (AvgIpc) is 3.19. The summed E-state index contributed by atoms with van der Waals surface area (Å²) < 4.78 is 1.57. The van der Waals surface area contributed by atoms with Crippen molar-refractivity contribution in [3.8, 4) is 22.6 Å². The molecule has 2 aromatic carbocycles. The quantitative estimate of drug-likeness (QED) is 0.300. The Morgan fingerprint density at radius 1 is 0.938 bits per heavy atom. The van der Waals surface area contributed by atoms with Crippen molar-refractivity contribution >= 4 is 22.7 Å². The first kappa shape index (κ1) is 20.2. The highest BCUT2D eigenvalue weighted by atomic mass is 32.2. The molecule has 3 aromatic heterocycles. The van der Waals surface area contributed by atoms with Crippen molar-refractivity contribution in [1.29, 1.82) is 0 Å². The number of nitrogens with two attached hydrogens (primary N) is 1. The number of aromatic nitrogens is 5. The molecule has 158 valence electrons. The smallest absolute Gasteiger partial charge is 0.210 e. The van der Waals surface area contributed by atoms with Gasteiger partial charge in [-0.15, -0.1) is 10.2 Å². The number of rotatable bonds is 6. The van der Waals surface area contributed by atoms with Crippen molar-refractivity contribution in [1.82, 2.24) is 24.8 Å². The summed E-state index contributed by atoms with van der Waals surface area (Å²) >= 11 is 1.57. The summed E-state index contributed by atoms with van der Waals surface area (Å²) in [5.74, 6) is 7.89. The molecule has 0 aliphatic carbocycles. The maximum atomic E-state index is 6.45. The molecule has 5 rings (SSSR count). The van der Waals surface area contributed by atoms with Crippen LogP contribution in [-0.2, 0) is 6.42 Å². The van der Waals surface area contributed by atoms with Crippen LogP contribution in [0, 0.1) is 6.92 Å². The number of para-hydroxylation sites is 1. The summed E-state index contributed by atoms with van der Waals surface area (Å²) in [5.41, 5.74) is 6.00. The molecule has 0 saturated heterocycles. The number of hydrogen-bond acceptors (Lipinski definition) is 6. The van der Waals surface area contributed by atoms with E-state index in [0.717, 1.165) is 45.6 Å². The summed E-state index contributed by atoms with van der Waals surface area (Å²) in [6.07, 6.45) is 2.65. The number of hydrogen-bond donors (Lipinski definition) is 1. The van der Waals surface area contributed by atoms with Crippen LogP contribution in [0.3, 0.4) is 0 Å². The molecule has 0 aliphatic heterocycles. The maximum Gasteiger partial charge on any atom is 0.210 e. The fraction of sp³-hybridized carbons (Fsp3) is 0.120. The van der Waals surface area contributed by atoms with Crippen LogP contribution >= 0.6 is 11.8 Å². The fourth-order valence-electron chi connectivity index (χ4n) is 3.58. The Balaban J connectivity index is 1.49. The van der Waals surface area contributed by atoms with Gasteiger partial charge in [0.15, 0.2) is 5.82 Å². The lowest BCUT2D eigenvalue weighted by molar-refractivity contribution is 0.848. The van der Waals surface area contributed by atoms with Gasteiger partial charge in [0.25, 0.3) is 0 Å². The Morgan fingerprint density at radius 3 is 2.56 bits per heavy atom. The van der Waals surface area contributed by atoms with Crippen LogP contribution in [0.15, 0.2) is 84.1 Å². The van der Waals surface area contributed by atoms with Crippen LogP contribution in [0.2, 0.25) is 0 Å². The van der Waals surface area contributed by atoms with Gasteiger partial charge in [-0.1, -0.05) is 65.9 Å². The standard InChI is InChI=1S/C25H22N6S/c1-17-9-11-18(12-10-17)23-16-21(20-7-2-3-8-22(20)28-23)24-29-30-25(31(24)26)32-15-13-19-6-4-5-14-27-19/h2-12,14,16H,13,15,26H2,1H3. The van der Waals surface area contributed by atoms with E-state index in [-0.39, 0.29) is 0 Å². The molecule has 7 heteroatoms. The Kier molecular flexibility index (Phi) is 5.56. The number of nitrogen functional groups attached to an aromatic ring is 1. The highest BCUT2D eigenvalue weighted by Gasteiger charge is 2.17. The van der Waals surface area contributed by atoms with Gasteiger partial charge in [0, 0.05) is 34.2 Å². The third-order valence-corrected chi connectivity index (χ3v) is 6.23. The average molecular weight is 439 g/mol. The summed E-state index contributed by atoms with van der Waals surface area (Å²) in [6.45, 7) is 2.08. The van der Waals surface area contributed by atoms with E-state index < -0.39 is 0 Å². The van der Waals surface area contributed by atoms with Gasteiger partial charge < -0.3 is 5.84 Å². The van der Waals surface area contributed by atoms with E-state index in [4.69, 9.17) is 10.8 Å². The molecule has 0 bridgehead atoms. The molecule has 6 nitrogen and oxygen atoms in total. The molecule has 0 atom stereocenters. The lowest BCUT2D eigenvalue weighted by Crippen LogP contribution is -2.12. The molecule has 0 aliphatic rings. The number of thioether (sulfide) groups is 1. The molecule has 0 spiro atoms. The first-order valence-corrected chi connectivity index (χ1v) is 11.4. The molecule has 3 heterocycles. The molecule has 0 unspecified atom stereocenters. The molecule has 0 amide bonds. The first-order valence-electron chi connectivity index (χ1n) is 10.4. The minimum atomic E-state index is 0.622. The molecular formula is C25H22N6S. The van der Waals surface area contributed by atoms with Gasteiger partial charge in [-0.25, -0.2) is 9.66 Å². The Hall–Kier alpha value is -3.71. The predicted molar refractivity (Wildman–Crippen MR) is 130 cm³/mol. The summed E-state index contributed by atoms with van der Waals surface area (Å²) in [4.78, 5) is 9.24. The lowest BCUT2D eigenvalue weighted by Gasteiger charge is -2.10. The van der Waals surface area contributed by atoms with Crippen LogP contribution in [0.4, 0.5) is 0 Å². The van der Waals surface area contributed by atoms with E-state index in [2.05, 4.69) is 46.4 Å². The van der Waals surface area contributed by atoms with E-state index >= 15 is 0 Å². The molecule has 0 saturated carbocycles. The third kappa shape index (κ3) is 4.07. The highest BCUT2D eigenvalue weighted by Crippen LogP contribution is 2.32. The van der Waals surface area contributed by atoms with Gasteiger partial charge in [0.05, 0.1) is 11.2 Å². The first-order chi connectivity index (χ1) is 15.7. The highest BCUT2D eigenvalue weighted by molar-refractivity contribution is 7.99. The zero-order valence-corrected chi connectivity index (χ0v) is 18.5. The zero-order chi connectivity index (χ0) is 21.9. The normalized spacial score (nSPS) is 11.2. The molecule has 0 fully saturated rings. The van der Waals surface area contributed by atoms with Crippen LogP contribution in [0.1, 0.15) is 11.3 Å². The second-order valence-electron chi connectivity index (χ2n) is 7.53. The van der Waals surface area contributed by atoms with Crippen molar-refractivity contribution in [2.45, 2.75) is 18.5 Å². The van der Waals surface area contributed by atoms with E-state index in [1.807, 2.05) is 54.7 Å². The third-order valence-electron chi connectivity index (χ3n) is 5.28. The van der Waals surface area contributed by atoms with Crippen molar-refractivity contribution < 1.29 is 0 Å². The molecule has 0 radical (unpaired) electrons. The summed E-state index contributed by atoms with van der Waals surface area (Å²) in [5, 5.41) is 10.5. The summed E-state index contributed by atoms with van der Waals surface area (Å²) in [7, 11) is 0. The minimum Gasteiger partial charge on any atom is -0.335 e. The topological polar surface area (TPSA) is 82.5 Å². The van der Waals surface area contributed by atoms with E-state index in [1.54, 1.807) is 16.4 Å². The Labute approximate surface area is 190 Å². The Morgan fingerprint density at radius 2 is 1.75 bits per heavy atom. The van der Waals surface area contributed by atoms with Crippen LogP contribution in [0.5, 0.6) is 0 Å². The number of aryl methyl sites for hydroxylation is 2. The van der Waals surface area contributed by atoms with Gasteiger partial charge in [-0.05, 0) is 37.6 Å². The van der Waals surface area contributed by atoms with Crippen LogP contribution in [-0.4, -0.2) is 30.6 Å². The molecule has 2 N–H and O–H groups in total. The van der Waals surface area contributed by atoms with Crippen molar-refractivity contribution in [3.63, 3.8) is 0 Å². The van der Waals surface area contributed by atoms with E-state index in [9.17, 15) is 0 Å². The maximum absolute atomic E-state index is 6.45. The largest absolute Gasteiger partial charge is 0.335 e. The van der Waals surface area contributed by atoms with Gasteiger partial charge >= 0.3 is 0 Å². The number of benzene rings is 2. The predicted octanol–water partition coefficient (Wildman–Crippen LogP) is 4.91. The zero-order valence-electron chi connectivity index (χ0n) is 17.6. The molecule has 32 heavy (non-hydrogen) atoms. The number of fused-ring (bicyclic) bond motifs is 1.